The molecule has 2 amide bonds. The molecule has 3 heterocycles. The molecule has 1 atom stereocenters. The Morgan fingerprint density at radius 2 is 1.96 bits per heavy atom. The molecular formula is C21H21N3O3. The smallest absolute Gasteiger partial charge is 0.252 e. The molecule has 0 radical (unpaired) electrons. The van der Waals surface area contributed by atoms with Crippen LogP contribution in [0.4, 0.5) is 0 Å². The van der Waals surface area contributed by atoms with Gasteiger partial charge in [-0.05, 0) is 42.0 Å². The molecule has 6 nitrogen and oxygen atoms in total. The highest BCUT2D eigenvalue weighted by atomic mass is 16.2. The largest absolute Gasteiger partial charge is 0.345 e. The van der Waals surface area contributed by atoms with Crippen LogP contribution in [0, 0.1) is 0 Å². The van der Waals surface area contributed by atoms with Crippen molar-refractivity contribution in [2.45, 2.75) is 44.3 Å². The molecule has 138 valence electrons. The highest BCUT2D eigenvalue weighted by Crippen LogP contribution is 2.34. The van der Waals surface area contributed by atoms with Gasteiger partial charge in [-0.25, -0.2) is 0 Å². The Kier molecular flexibility index (Phi) is 3.67. The van der Waals surface area contributed by atoms with Crippen LogP contribution >= 0.6 is 0 Å². The lowest BCUT2D eigenvalue weighted by molar-refractivity contribution is -0.132. The van der Waals surface area contributed by atoms with Crippen LogP contribution in [-0.4, -0.2) is 27.8 Å². The SMILES string of the molecule is O=C1NC(CC(=O)N2CCc3cc(=O)n(C4CC4)cc3C2)c2ccccc21. The zero-order chi connectivity index (χ0) is 18.5. The van der Waals surface area contributed by atoms with E-state index in [0.29, 0.717) is 31.1 Å². The second-order valence-electron chi connectivity index (χ2n) is 7.68. The van der Waals surface area contributed by atoms with Gasteiger partial charge in [-0.1, -0.05) is 18.2 Å². The number of carbonyl (C=O) groups is 2. The summed E-state index contributed by atoms with van der Waals surface area (Å²) in [5, 5.41) is 2.92. The van der Waals surface area contributed by atoms with Crippen LogP contribution in [0.25, 0.3) is 0 Å². The van der Waals surface area contributed by atoms with Gasteiger partial charge in [0.1, 0.15) is 0 Å². The van der Waals surface area contributed by atoms with E-state index in [0.717, 1.165) is 29.5 Å². The molecule has 0 bridgehead atoms. The number of hydrogen-bond donors (Lipinski definition) is 1. The summed E-state index contributed by atoms with van der Waals surface area (Å²) < 4.78 is 1.82. The van der Waals surface area contributed by atoms with E-state index < -0.39 is 0 Å². The summed E-state index contributed by atoms with van der Waals surface area (Å²) in [6.45, 7) is 1.14. The standard InChI is InChI=1S/C21H21N3O3/c25-19(10-18-16-3-1-2-4-17(16)21(27)22-18)23-8-7-13-9-20(26)24(15-5-6-15)12-14(13)11-23/h1-4,9,12,15,18H,5-8,10-11H2,(H,22,27). The van der Waals surface area contributed by atoms with Gasteiger partial charge in [0.05, 0.1) is 12.5 Å². The van der Waals surface area contributed by atoms with Crippen LogP contribution in [0.5, 0.6) is 0 Å². The molecule has 1 unspecified atom stereocenters. The average molecular weight is 363 g/mol. The van der Waals surface area contributed by atoms with E-state index in [1.807, 2.05) is 33.9 Å². The summed E-state index contributed by atoms with van der Waals surface area (Å²) in [6, 6.07) is 9.24. The maximum Gasteiger partial charge on any atom is 0.252 e. The molecule has 3 aliphatic rings. The first-order valence-electron chi connectivity index (χ1n) is 9.51. The Labute approximate surface area is 156 Å². The Morgan fingerprint density at radius 1 is 1.15 bits per heavy atom. The number of benzene rings is 1. The van der Waals surface area contributed by atoms with Crippen molar-refractivity contribution < 1.29 is 9.59 Å². The lowest BCUT2D eigenvalue weighted by Crippen LogP contribution is -2.38. The lowest BCUT2D eigenvalue weighted by Gasteiger charge is -2.30. The number of hydrogen-bond acceptors (Lipinski definition) is 3. The summed E-state index contributed by atoms with van der Waals surface area (Å²) in [4.78, 5) is 39.0. The zero-order valence-corrected chi connectivity index (χ0v) is 15.0. The van der Waals surface area contributed by atoms with Gasteiger partial charge < -0.3 is 14.8 Å². The first-order valence-corrected chi connectivity index (χ1v) is 9.51. The van der Waals surface area contributed by atoms with E-state index >= 15 is 0 Å². The number of carbonyl (C=O) groups excluding carboxylic acids is 2. The summed E-state index contributed by atoms with van der Waals surface area (Å²) in [5.41, 5.74) is 3.75. The first-order chi connectivity index (χ1) is 13.1. The molecule has 1 aromatic carbocycles. The van der Waals surface area contributed by atoms with Gasteiger partial charge in [0, 0.05) is 37.0 Å². The normalized spacial score (nSPS) is 20.8. The fraction of sp³-hybridized carbons (Fsp3) is 0.381. The third kappa shape index (κ3) is 2.85. The highest BCUT2D eigenvalue weighted by molar-refractivity contribution is 5.99. The van der Waals surface area contributed by atoms with Crippen LogP contribution < -0.4 is 10.9 Å². The molecule has 1 fully saturated rings. The minimum atomic E-state index is -0.261. The molecule has 2 aromatic rings. The molecule has 5 rings (SSSR count). The number of nitrogens with zero attached hydrogens (tertiary/aromatic N) is 2. The van der Waals surface area contributed by atoms with Gasteiger partial charge in [-0.2, -0.15) is 0 Å². The highest BCUT2D eigenvalue weighted by Gasteiger charge is 2.32. The van der Waals surface area contributed by atoms with Crippen molar-refractivity contribution >= 4 is 11.8 Å². The van der Waals surface area contributed by atoms with Crippen LogP contribution in [0.3, 0.4) is 0 Å². The summed E-state index contributed by atoms with van der Waals surface area (Å²) in [7, 11) is 0. The number of rotatable bonds is 3. The minimum Gasteiger partial charge on any atom is -0.345 e. The van der Waals surface area contributed by atoms with Gasteiger partial charge in [0.25, 0.3) is 11.5 Å². The van der Waals surface area contributed by atoms with Crippen molar-refractivity contribution in [2.75, 3.05) is 6.54 Å². The third-order valence-corrected chi connectivity index (χ3v) is 5.83. The fourth-order valence-electron chi connectivity index (χ4n) is 4.18. The summed E-state index contributed by atoms with van der Waals surface area (Å²) in [5.74, 6) is -0.0762. The minimum absolute atomic E-state index is 0.0341. The van der Waals surface area contributed by atoms with Crippen molar-refractivity contribution in [3.8, 4) is 0 Å². The molecule has 27 heavy (non-hydrogen) atoms. The molecule has 1 N–H and O–H groups in total. The topological polar surface area (TPSA) is 71.4 Å². The van der Waals surface area contributed by atoms with Gasteiger partial charge in [0.2, 0.25) is 5.91 Å². The fourth-order valence-corrected chi connectivity index (χ4v) is 4.18. The molecule has 1 aliphatic carbocycles. The number of fused-ring (bicyclic) bond motifs is 2. The zero-order valence-electron chi connectivity index (χ0n) is 15.0. The predicted octanol–water partition coefficient (Wildman–Crippen LogP) is 1.94. The monoisotopic (exact) mass is 363 g/mol. The van der Waals surface area contributed by atoms with E-state index in [1.54, 1.807) is 12.1 Å². The second kappa shape index (κ2) is 6.08. The van der Waals surface area contributed by atoms with Crippen molar-refractivity contribution in [1.29, 1.82) is 0 Å². The van der Waals surface area contributed by atoms with E-state index in [4.69, 9.17) is 0 Å². The average Bonchev–Trinajstić information content (AvgIpc) is 3.47. The summed E-state index contributed by atoms with van der Waals surface area (Å²) >= 11 is 0. The Bertz CT molecular complexity index is 1010. The molecule has 0 spiro atoms. The molecule has 1 aromatic heterocycles. The van der Waals surface area contributed by atoms with Crippen molar-refractivity contribution in [3.63, 3.8) is 0 Å². The number of amides is 2. The molecular weight excluding hydrogens is 342 g/mol. The maximum absolute atomic E-state index is 12.9. The Hall–Kier alpha value is -2.89. The van der Waals surface area contributed by atoms with Crippen LogP contribution in [0.15, 0.2) is 41.3 Å². The molecule has 1 saturated carbocycles. The third-order valence-electron chi connectivity index (χ3n) is 5.83. The van der Waals surface area contributed by atoms with Crippen molar-refractivity contribution in [2.24, 2.45) is 0 Å². The van der Waals surface area contributed by atoms with Gasteiger partial charge in [-0.3, -0.25) is 14.4 Å². The predicted molar refractivity (Wildman–Crippen MR) is 99.4 cm³/mol. The maximum atomic E-state index is 12.9. The van der Waals surface area contributed by atoms with Gasteiger partial charge in [0.15, 0.2) is 0 Å². The lowest BCUT2D eigenvalue weighted by atomic mass is 9.99. The van der Waals surface area contributed by atoms with E-state index in [-0.39, 0.29) is 29.8 Å². The van der Waals surface area contributed by atoms with Gasteiger partial charge in [-0.15, -0.1) is 0 Å². The molecule has 6 heteroatoms. The second-order valence-corrected chi connectivity index (χ2v) is 7.68. The Balaban J connectivity index is 1.33. The van der Waals surface area contributed by atoms with Crippen LogP contribution in [-0.2, 0) is 17.8 Å². The summed E-state index contributed by atoms with van der Waals surface area (Å²) in [6.07, 6.45) is 5.03. The van der Waals surface area contributed by atoms with Crippen LogP contribution in [0.2, 0.25) is 0 Å². The number of nitrogens with one attached hydrogen (secondary N) is 1. The van der Waals surface area contributed by atoms with E-state index in [2.05, 4.69) is 5.32 Å². The van der Waals surface area contributed by atoms with E-state index in [1.165, 1.54) is 0 Å². The first kappa shape index (κ1) is 16.3. The van der Waals surface area contributed by atoms with Crippen molar-refractivity contribution in [1.82, 2.24) is 14.8 Å². The van der Waals surface area contributed by atoms with E-state index in [9.17, 15) is 14.4 Å². The molecule has 2 aliphatic heterocycles. The quantitative estimate of drug-likeness (QED) is 0.906. The Morgan fingerprint density at radius 3 is 2.78 bits per heavy atom. The van der Waals surface area contributed by atoms with Crippen molar-refractivity contribution in [3.05, 3.63) is 69.1 Å². The number of pyridine rings is 1. The number of aromatic nitrogens is 1. The molecule has 0 saturated heterocycles. The van der Waals surface area contributed by atoms with Crippen LogP contribution in [0.1, 0.15) is 58.4 Å². The van der Waals surface area contributed by atoms with Gasteiger partial charge >= 0.3 is 0 Å².